The molecule has 2 aromatic carbocycles. The van der Waals surface area contributed by atoms with Crippen LogP contribution in [0.4, 0.5) is 8.78 Å². The van der Waals surface area contributed by atoms with Gasteiger partial charge in [0.15, 0.2) is 11.5 Å². The van der Waals surface area contributed by atoms with Gasteiger partial charge in [-0.25, -0.2) is 23.7 Å². The Morgan fingerprint density at radius 1 is 1.23 bits per heavy atom. The number of halogens is 2. The Hall–Kier alpha value is -3.07. The fraction of sp³-hybridized carbons (Fsp3) is 0.238. The number of ether oxygens (including phenoxy) is 3. The molecule has 2 aromatic heterocycles. The molecule has 0 amide bonds. The third-order valence-corrected chi connectivity index (χ3v) is 5.86. The highest BCUT2D eigenvalue weighted by Gasteiger charge is 2.28. The maximum Gasteiger partial charge on any atom is 0.266 e. The number of nitrogens with zero attached hydrogens (tertiary/aromatic N) is 3. The highest BCUT2D eigenvalue weighted by atomic mass is 32.1. The number of hydrogen-bond donors (Lipinski definition) is 0. The first-order chi connectivity index (χ1) is 14.4. The van der Waals surface area contributed by atoms with Gasteiger partial charge in [-0.1, -0.05) is 0 Å². The molecular weight excluding hydrogens is 412 g/mol. The van der Waals surface area contributed by atoms with E-state index in [2.05, 4.69) is 21.9 Å². The normalized spacial score (nSPS) is 15.9. The second kappa shape index (κ2) is 7.02. The average Bonchev–Trinajstić information content (AvgIpc) is 3.16. The van der Waals surface area contributed by atoms with E-state index in [9.17, 15) is 8.78 Å². The van der Waals surface area contributed by atoms with Gasteiger partial charge in [-0.05, 0) is 37.6 Å². The summed E-state index contributed by atoms with van der Waals surface area (Å²) in [7, 11) is 1.52. The summed E-state index contributed by atoms with van der Waals surface area (Å²) in [6.07, 6.45) is -1.65. The Morgan fingerprint density at radius 2 is 2.07 bits per heavy atom. The average molecular weight is 428 g/mol. The van der Waals surface area contributed by atoms with Gasteiger partial charge < -0.3 is 14.2 Å². The molecule has 1 aliphatic heterocycles. The second-order valence-electron chi connectivity index (χ2n) is 6.93. The number of thiazole rings is 1. The summed E-state index contributed by atoms with van der Waals surface area (Å²) in [4.78, 5) is 13.5. The number of methoxy groups -OCH3 is 1. The van der Waals surface area contributed by atoms with Crippen molar-refractivity contribution in [3.8, 4) is 28.0 Å². The molecule has 30 heavy (non-hydrogen) atoms. The molecule has 5 rings (SSSR count). The van der Waals surface area contributed by atoms with E-state index >= 15 is 0 Å². The van der Waals surface area contributed by atoms with E-state index in [0.717, 1.165) is 5.56 Å². The van der Waals surface area contributed by atoms with E-state index in [4.69, 9.17) is 14.2 Å². The van der Waals surface area contributed by atoms with Crippen LogP contribution in [0.1, 0.15) is 17.6 Å². The Balaban J connectivity index is 1.78. The number of aryl methyl sites for hydroxylation is 1. The summed E-state index contributed by atoms with van der Waals surface area (Å²) >= 11 is 1.26. The van der Waals surface area contributed by atoms with Gasteiger partial charge in [-0.2, -0.15) is 0 Å². The van der Waals surface area contributed by atoms with Crippen LogP contribution in [0.15, 0.2) is 24.4 Å². The first kappa shape index (κ1) is 18.9. The van der Waals surface area contributed by atoms with Gasteiger partial charge in [0.05, 0.1) is 29.9 Å². The van der Waals surface area contributed by atoms with Crippen LogP contribution >= 0.6 is 11.3 Å². The van der Waals surface area contributed by atoms with Gasteiger partial charge in [0, 0.05) is 11.1 Å². The predicted octanol–water partition coefficient (Wildman–Crippen LogP) is 5.14. The van der Waals surface area contributed by atoms with Gasteiger partial charge >= 0.3 is 0 Å². The Bertz CT molecular complexity index is 1290. The third kappa shape index (κ3) is 3.00. The van der Waals surface area contributed by atoms with Crippen molar-refractivity contribution in [2.75, 3.05) is 13.7 Å². The highest BCUT2D eigenvalue weighted by Crippen LogP contribution is 2.47. The standard InChI is InChI=1S/C21H16F2N3O3S/c1-9-4-12(16-13(5-9)25-15(27-3)7-24-16)21-26-17-11(20(22)23)6-14-18(19(17)30-21)28-8-10(2)29-14/h4-7,10,20H,2,8H2,1,3H3. The maximum absolute atomic E-state index is 13.8. The SMILES string of the molecule is [CH2]C1COc2c(cc(C(F)F)c3nc(-c4cc(C)cc5nc(OC)cnc45)sc23)O1. The summed E-state index contributed by atoms with van der Waals surface area (Å²) in [6, 6.07) is 5.10. The molecule has 3 heterocycles. The lowest BCUT2D eigenvalue weighted by Crippen LogP contribution is -2.26. The van der Waals surface area contributed by atoms with Crippen LogP contribution in [0.3, 0.4) is 0 Å². The molecule has 0 bridgehead atoms. The molecule has 1 unspecified atom stereocenters. The highest BCUT2D eigenvalue weighted by molar-refractivity contribution is 7.22. The quantitative estimate of drug-likeness (QED) is 0.450. The van der Waals surface area contributed by atoms with Gasteiger partial charge in [-0.15, -0.1) is 11.3 Å². The van der Waals surface area contributed by atoms with Crippen LogP contribution in [0.5, 0.6) is 17.4 Å². The first-order valence-corrected chi connectivity index (χ1v) is 9.96. The van der Waals surface area contributed by atoms with Crippen LogP contribution < -0.4 is 14.2 Å². The number of aromatic nitrogens is 3. The lowest BCUT2D eigenvalue weighted by atomic mass is 10.1. The zero-order valence-electron chi connectivity index (χ0n) is 16.1. The van der Waals surface area contributed by atoms with Gasteiger partial charge in [0.25, 0.3) is 6.43 Å². The third-order valence-electron chi connectivity index (χ3n) is 4.77. The van der Waals surface area contributed by atoms with Crippen molar-refractivity contribution in [1.29, 1.82) is 0 Å². The summed E-state index contributed by atoms with van der Waals surface area (Å²) in [6.45, 7) is 5.95. The fourth-order valence-electron chi connectivity index (χ4n) is 3.46. The number of hydrogen-bond acceptors (Lipinski definition) is 7. The van der Waals surface area contributed by atoms with E-state index in [0.29, 0.717) is 37.9 Å². The Morgan fingerprint density at radius 3 is 2.83 bits per heavy atom. The minimum absolute atomic E-state index is 0.200. The number of rotatable bonds is 3. The minimum Gasteiger partial charge on any atom is -0.484 e. The predicted molar refractivity (Wildman–Crippen MR) is 110 cm³/mol. The van der Waals surface area contributed by atoms with Crippen molar-refractivity contribution in [3.63, 3.8) is 0 Å². The first-order valence-electron chi connectivity index (χ1n) is 9.14. The maximum atomic E-state index is 13.8. The van der Waals surface area contributed by atoms with Crippen LogP contribution in [0.2, 0.25) is 0 Å². The summed E-state index contributed by atoms with van der Waals surface area (Å²) in [5.74, 6) is 1.08. The van der Waals surface area contributed by atoms with Crippen LogP contribution in [-0.2, 0) is 0 Å². The smallest absolute Gasteiger partial charge is 0.266 e. The molecule has 0 aliphatic carbocycles. The molecule has 6 nitrogen and oxygen atoms in total. The van der Waals surface area contributed by atoms with Crippen LogP contribution in [0.25, 0.3) is 31.8 Å². The van der Waals surface area contributed by atoms with Crippen molar-refractivity contribution in [1.82, 2.24) is 15.0 Å². The van der Waals surface area contributed by atoms with Gasteiger partial charge in [-0.3, -0.25) is 0 Å². The van der Waals surface area contributed by atoms with E-state index in [-0.39, 0.29) is 23.4 Å². The summed E-state index contributed by atoms with van der Waals surface area (Å²) in [5.41, 5.74) is 2.90. The zero-order chi connectivity index (χ0) is 21.0. The minimum atomic E-state index is -2.71. The molecular formula is C21H16F2N3O3S. The van der Waals surface area contributed by atoms with Crippen molar-refractivity contribution >= 4 is 32.6 Å². The van der Waals surface area contributed by atoms with Crippen molar-refractivity contribution in [2.45, 2.75) is 19.5 Å². The van der Waals surface area contributed by atoms with Crippen LogP contribution in [-0.4, -0.2) is 34.8 Å². The Labute approximate surface area is 174 Å². The lowest BCUT2D eigenvalue weighted by Gasteiger charge is -2.24. The van der Waals surface area contributed by atoms with E-state index in [1.54, 1.807) is 0 Å². The van der Waals surface area contributed by atoms with Crippen molar-refractivity contribution in [2.24, 2.45) is 0 Å². The molecule has 4 aromatic rings. The monoisotopic (exact) mass is 428 g/mol. The largest absolute Gasteiger partial charge is 0.484 e. The number of alkyl halides is 2. The lowest BCUT2D eigenvalue weighted by molar-refractivity contribution is 0.120. The topological polar surface area (TPSA) is 66.4 Å². The fourth-order valence-corrected chi connectivity index (χ4v) is 4.57. The summed E-state index contributed by atoms with van der Waals surface area (Å²) < 4.78 is 44.7. The molecule has 1 atom stereocenters. The molecule has 0 fully saturated rings. The van der Waals surface area contributed by atoms with Gasteiger partial charge in [0.2, 0.25) is 5.88 Å². The van der Waals surface area contributed by atoms with E-state index in [1.807, 2.05) is 19.1 Å². The molecule has 9 heteroatoms. The molecule has 153 valence electrons. The van der Waals surface area contributed by atoms with Crippen LogP contribution in [0, 0.1) is 13.8 Å². The van der Waals surface area contributed by atoms with Crippen molar-refractivity contribution in [3.05, 3.63) is 42.4 Å². The summed E-state index contributed by atoms with van der Waals surface area (Å²) in [5, 5.41) is 0.550. The van der Waals surface area contributed by atoms with E-state index < -0.39 is 12.5 Å². The number of benzene rings is 2. The van der Waals surface area contributed by atoms with Crippen molar-refractivity contribution < 1.29 is 23.0 Å². The Kier molecular flexibility index (Phi) is 4.43. The number of fused-ring (bicyclic) bond motifs is 4. The molecule has 0 saturated heterocycles. The molecule has 0 spiro atoms. The zero-order valence-corrected chi connectivity index (χ0v) is 16.9. The molecule has 1 radical (unpaired) electrons. The van der Waals surface area contributed by atoms with E-state index in [1.165, 1.54) is 30.7 Å². The molecule has 0 N–H and O–H groups in total. The molecule has 1 aliphatic rings. The molecule has 0 saturated carbocycles. The second-order valence-corrected chi connectivity index (χ2v) is 7.93. The van der Waals surface area contributed by atoms with Gasteiger partial charge in [0.1, 0.15) is 22.4 Å².